The van der Waals surface area contributed by atoms with Crippen molar-refractivity contribution >= 4 is 6.21 Å². The molecule has 0 aliphatic carbocycles. The first-order valence-electron chi connectivity index (χ1n) is 2.74. The molecule has 8 heavy (non-hydrogen) atoms. The van der Waals surface area contributed by atoms with E-state index in [-0.39, 0.29) is 0 Å². The van der Waals surface area contributed by atoms with Gasteiger partial charge in [0.05, 0.1) is 0 Å². The quantitative estimate of drug-likeness (QED) is 0.584. The summed E-state index contributed by atoms with van der Waals surface area (Å²) in [5.41, 5.74) is 0. The van der Waals surface area contributed by atoms with Crippen molar-refractivity contribution in [1.82, 2.24) is 0 Å². The molecule has 1 nitrogen and oxygen atoms in total. The van der Waals surface area contributed by atoms with Gasteiger partial charge in [-0.2, -0.15) is 0 Å². The Labute approximate surface area is 58.4 Å². The van der Waals surface area contributed by atoms with Crippen LogP contribution in [0.5, 0.6) is 0 Å². The van der Waals surface area contributed by atoms with Crippen LogP contribution in [0.3, 0.4) is 0 Å². The Morgan fingerprint density at radius 3 is 2.12 bits per heavy atom. The first-order valence-corrected chi connectivity index (χ1v) is 4.42. The van der Waals surface area contributed by atoms with E-state index in [1.54, 1.807) is 0 Å². The predicted molar refractivity (Wildman–Crippen MR) is 33.3 cm³/mol. The Balaban J connectivity index is 3.24. The molecule has 0 amide bonds. The van der Waals surface area contributed by atoms with E-state index in [4.69, 9.17) is 5.41 Å². The van der Waals surface area contributed by atoms with Gasteiger partial charge in [0, 0.05) is 0 Å². The molecular formula is C6H13NV. The van der Waals surface area contributed by atoms with Crippen LogP contribution < -0.4 is 0 Å². The van der Waals surface area contributed by atoms with Crippen LogP contribution in [0.25, 0.3) is 0 Å². The van der Waals surface area contributed by atoms with Gasteiger partial charge in [0.15, 0.2) is 0 Å². The third kappa shape index (κ3) is 6.25. The minimum atomic E-state index is 0.369. The molecule has 0 unspecified atom stereocenters. The van der Waals surface area contributed by atoms with Gasteiger partial charge in [-0.25, -0.2) is 0 Å². The summed E-state index contributed by atoms with van der Waals surface area (Å²) >= 11 is 0.369. The summed E-state index contributed by atoms with van der Waals surface area (Å²) in [5, 5.41) is 7.79. The van der Waals surface area contributed by atoms with Gasteiger partial charge in [0.1, 0.15) is 0 Å². The Morgan fingerprint density at radius 2 is 2.00 bits per heavy atom. The molecule has 0 aromatic carbocycles. The van der Waals surface area contributed by atoms with Gasteiger partial charge in [-0.15, -0.1) is 0 Å². The molecule has 0 bridgehead atoms. The van der Waals surface area contributed by atoms with E-state index < -0.39 is 0 Å². The Kier molecular flexibility index (Phi) is 3.42. The third-order valence-corrected chi connectivity index (χ3v) is 2.71. The molecule has 0 aromatic heterocycles. The maximum atomic E-state index is 6.78. The molecule has 0 saturated carbocycles. The molecule has 0 atom stereocenters. The normalized spacial score (nSPS) is 10.9. The molecular weight excluding hydrogens is 137 g/mol. The predicted octanol–water partition coefficient (Wildman–Crippen LogP) is 2.36. The Morgan fingerprint density at radius 1 is 1.50 bits per heavy atom. The summed E-state index contributed by atoms with van der Waals surface area (Å²) in [6, 6.07) is 0. The first-order chi connectivity index (χ1) is 3.56. The van der Waals surface area contributed by atoms with E-state index in [1.807, 2.05) is 0 Å². The standard InChI is InChI=1S/C4H9.C2H4N.V/c1-4(2)3;1-2-3;/h1-3H3;2-3H,1H2;. The number of hydrogen-bond acceptors (Lipinski definition) is 1. The average Bonchev–Trinajstić information content (AvgIpc) is 1.59. The van der Waals surface area contributed by atoms with Gasteiger partial charge in [-0.05, 0) is 0 Å². The minimum absolute atomic E-state index is 0.369. The summed E-state index contributed by atoms with van der Waals surface area (Å²) in [4.78, 5) is 0. The second kappa shape index (κ2) is 3.31. The van der Waals surface area contributed by atoms with Gasteiger partial charge in [0.2, 0.25) is 0 Å². The molecule has 0 fully saturated rings. The van der Waals surface area contributed by atoms with Crippen LogP contribution in [0.2, 0.25) is 9.26 Å². The van der Waals surface area contributed by atoms with Gasteiger partial charge in [0.25, 0.3) is 0 Å². The van der Waals surface area contributed by atoms with Crippen molar-refractivity contribution in [2.24, 2.45) is 0 Å². The molecule has 0 radical (unpaired) electrons. The summed E-state index contributed by atoms with van der Waals surface area (Å²) in [6.07, 6.45) is 1.52. The second-order valence-electron chi connectivity index (χ2n) is 2.72. The molecule has 0 aliphatic rings. The topological polar surface area (TPSA) is 23.9 Å². The van der Waals surface area contributed by atoms with Crippen molar-refractivity contribution in [2.75, 3.05) is 0 Å². The molecule has 47 valence electrons. The van der Waals surface area contributed by atoms with E-state index in [2.05, 4.69) is 20.8 Å². The first kappa shape index (κ1) is 8.25. The number of hydrogen-bond donors (Lipinski definition) is 1. The summed E-state index contributed by atoms with van der Waals surface area (Å²) in [5.74, 6) is 0. The Hall–Kier alpha value is 0.254. The van der Waals surface area contributed by atoms with Crippen LogP contribution in [-0.4, -0.2) is 6.21 Å². The van der Waals surface area contributed by atoms with Gasteiger partial charge in [-0.1, -0.05) is 0 Å². The molecule has 0 rings (SSSR count). The van der Waals surface area contributed by atoms with Crippen LogP contribution in [0.4, 0.5) is 0 Å². The van der Waals surface area contributed by atoms with E-state index in [0.717, 1.165) is 5.13 Å². The molecule has 0 heterocycles. The number of rotatable bonds is 2. The zero-order chi connectivity index (χ0) is 6.62. The molecule has 0 aromatic rings. The Bertz CT molecular complexity index is 73.1. The van der Waals surface area contributed by atoms with Crippen LogP contribution in [-0.2, 0) is 16.3 Å². The summed E-state index contributed by atoms with van der Waals surface area (Å²) in [6.45, 7) is 6.70. The summed E-state index contributed by atoms with van der Waals surface area (Å²) < 4.78 is 0.494. The van der Waals surface area contributed by atoms with Crippen molar-refractivity contribution in [3.8, 4) is 0 Å². The zero-order valence-electron chi connectivity index (χ0n) is 5.73. The van der Waals surface area contributed by atoms with Gasteiger partial charge < -0.3 is 0 Å². The fourth-order valence-corrected chi connectivity index (χ4v) is 1.32. The van der Waals surface area contributed by atoms with Crippen molar-refractivity contribution in [3.05, 3.63) is 0 Å². The molecule has 0 saturated heterocycles. The van der Waals surface area contributed by atoms with Crippen molar-refractivity contribution in [3.63, 3.8) is 0 Å². The van der Waals surface area contributed by atoms with Crippen LogP contribution in [0, 0.1) is 5.41 Å². The van der Waals surface area contributed by atoms with Crippen LogP contribution in [0.15, 0.2) is 0 Å². The van der Waals surface area contributed by atoms with Crippen molar-refractivity contribution < 1.29 is 16.3 Å². The van der Waals surface area contributed by atoms with Crippen LogP contribution >= 0.6 is 0 Å². The molecule has 0 aliphatic heterocycles. The van der Waals surface area contributed by atoms with E-state index in [1.165, 1.54) is 6.21 Å². The van der Waals surface area contributed by atoms with Crippen molar-refractivity contribution in [2.45, 2.75) is 30.0 Å². The second-order valence-corrected chi connectivity index (χ2v) is 5.87. The molecule has 2 heteroatoms. The van der Waals surface area contributed by atoms with E-state index in [9.17, 15) is 0 Å². The fourth-order valence-electron chi connectivity index (χ4n) is 0.320. The average molecular weight is 150 g/mol. The summed E-state index contributed by atoms with van der Waals surface area (Å²) in [7, 11) is 0. The molecule has 1 N–H and O–H groups in total. The third-order valence-electron chi connectivity index (χ3n) is 0.657. The van der Waals surface area contributed by atoms with Crippen LogP contribution in [0.1, 0.15) is 20.8 Å². The molecule has 0 spiro atoms. The van der Waals surface area contributed by atoms with Crippen molar-refractivity contribution in [1.29, 1.82) is 5.41 Å². The SMILES string of the molecule is C[C](C)(C)[V][CH2]C=N. The fraction of sp³-hybridized carbons (Fsp3) is 0.833. The van der Waals surface area contributed by atoms with E-state index in [0.29, 0.717) is 20.4 Å². The maximum absolute atomic E-state index is 6.78. The van der Waals surface area contributed by atoms with Gasteiger partial charge in [-0.3, -0.25) is 0 Å². The van der Waals surface area contributed by atoms with E-state index >= 15 is 0 Å². The number of nitrogens with one attached hydrogen (secondary N) is 1. The van der Waals surface area contributed by atoms with Gasteiger partial charge >= 0.3 is 57.9 Å². The monoisotopic (exact) mass is 150 g/mol. The zero-order valence-corrected chi connectivity index (χ0v) is 7.13.